The second-order valence-corrected chi connectivity index (χ2v) is 6.76. The number of nitrogens with two attached hydrogens (primary N) is 1. The maximum absolute atomic E-state index is 5.78. The Hall–Kier alpha value is -0.380. The SMILES string of the molecule is CCc1ccc(CC(NN)C2(C)CCCC2)s1. The Kier molecular flexibility index (Phi) is 4.23. The Labute approximate surface area is 109 Å². The maximum Gasteiger partial charge on any atom is 0.0312 e. The highest BCUT2D eigenvalue weighted by Crippen LogP contribution is 2.41. The lowest BCUT2D eigenvalue weighted by Gasteiger charge is -2.33. The van der Waals surface area contributed by atoms with Crippen molar-refractivity contribution in [1.82, 2.24) is 5.43 Å². The van der Waals surface area contributed by atoms with Crippen LogP contribution >= 0.6 is 11.3 Å². The van der Waals surface area contributed by atoms with E-state index in [9.17, 15) is 0 Å². The Morgan fingerprint density at radius 3 is 2.53 bits per heavy atom. The third-order valence-corrected chi connectivity index (χ3v) is 5.51. The van der Waals surface area contributed by atoms with Crippen molar-refractivity contribution in [2.45, 2.75) is 58.4 Å². The molecule has 2 rings (SSSR count). The fraction of sp³-hybridized carbons (Fsp3) is 0.714. The quantitative estimate of drug-likeness (QED) is 0.623. The zero-order chi connectivity index (χ0) is 12.3. The summed E-state index contributed by atoms with van der Waals surface area (Å²) in [5.41, 5.74) is 3.46. The molecule has 3 N–H and O–H groups in total. The number of hydrazine groups is 1. The first-order chi connectivity index (χ1) is 8.18. The van der Waals surface area contributed by atoms with Crippen LogP contribution in [0.25, 0.3) is 0 Å². The van der Waals surface area contributed by atoms with E-state index in [1.165, 1.54) is 35.4 Å². The van der Waals surface area contributed by atoms with Gasteiger partial charge in [-0.15, -0.1) is 11.3 Å². The Bertz CT molecular complexity index is 353. The number of hydrogen-bond donors (Lipinski definition) is 2. The van der Waals surface area contributed by atoms with Gasteiger partial charge in [-0.3, -0.25) is 11.3 Å². The maximum atomic E-state index is 5.78. The van der Waals surface area contributed by atoms with Crippen LogP contribution in [0.2, 0.25) is 0 Å². The summed E-state index contributed by atoms with van der Waals surface area (Å²) in [6.07, 6.45) is 7.57. The summed E-state index contributed by atoms with van der Waals surface area (Å²) in [6, 6.07) is 4.95. The van der Waals surface area contributed by atoms with Crippen LogP contribution in [0.15, 0.2) is 12.1 Å². The van der Waals surface area contributed by atoms with Gasteiger partial charge in [0.25, 0.3) is 0 Å². The molecule has 0 aromatic carbocycles. The number of thiophene rings is 1. The molecule has 0 bridgehead atoms. The molecule has 1 aromatic rings. The monoisotopic (exact) mass is 252 g/mol. The van der Waals surface area contributed by atoms with Crippen molar-refractivity contribution >= 4 is 11.3 Å². The highest BCUT2D eigenvalue weighted by atomic mass is 32.1. The molecule has 0 amide bonds. The molecule has 0 radical (unpaired) electrons. The Morgan fingerprint density at radius 1 is 1.35 bits per heavy atom. The molecule has 1 heterocycles. The first kappa shape index (κ1) is 13.1. The second-order valence-electron chi connectivity index (χ2n) is 5.51. The smallest absolute Gasteiger partial charge is 0.0312 e. The summed E-state index contributed by atoms with van der Waals surface area (Å²) < 4.78 is 0. The molecular weight excluding hydrogens is 228 g/mol. The molecule has 1 aliphatic carbocycles. The molecule has 3 heteroatoms. The van der Waals surface area contributed by atoms with Gasteiger partial charge in [0.1, 0.15) is 0 Å². The molecule has 1 atom stereocenters. The summed E-state index contributed by atoms with van der Waals surface area (Å²) in [5, 5.41) is 0. The summed E-state index contributed by atoms with van der Waals surface area (Å²) in [4.78, 5) is 2.95. The highest BCUT2D eigenvalue weighted by Gasteiger charge is 2.36. The van der Waals surface area contributed by atoms with Crippen molar-refractivity contribution in [3.05, 3.63) is 21.9 Å². The molecule has 17 heavy (non-hydrogen) atoms. The molecule has 0 aliphatic heterocycles. The molecule has 1 aliphatic rings. The Balaban J connectivity index is 2.04. The van der Waals surface area contributed by atoms with Gasteiger partial charge in [-0.05, 0) is 43.2 Å². The zero-order valence-electron chi connectivity index (χ0n) is 11.0. The molecular formula is C14H24N2S. The lowest BCUT2D eigenvalue weighted by Crippen LogP contribution is -2.47. The van der Waals surface area contributed by atoms with Gasteiger partial charge in [-0.1, -0.05) is 26.7 Å². The van der Waals surface area contributed by atoms with Crippen LogP contribution in [0.4, 0.5) is 0 Å². The molecule has 1 fully saturated rings. The van der Waals surface area contributed by atoms with E-state index in [1.807, 2.05) is 11.3 Å². The minimum Gasteiger partial charge on any atom is -0.271 e. The van der Waals surface area contributed by atoms with Crippen molar-refractivity contribution in [2.75, 3.05) is 0 Å². The second kappa shape index (κ2) is 5.51. The van der Waals surface area contributed by atoms with Gasteiger partial charge in [0, 0.05) is 15.8 Å². The Morgan fingerprint density at radius 2 is 2.00 bits per heavy atom. The number of nitrogens with one attached hydrogen (secondary N) is 1. The van der Waals surface area contributed by atoms with E-state index in [-0.39, 0.29) is 0 Å². The van der Waals surface area contributed by atoms with E-state index in [1.54, 1.807) is 0 Å². The van der Waals surface area contributed by atoms with Crippen molar-refractivity contribution in [3.63, 3.8) is 0 Å². The minimum absolute atomic E-state index is 0.394. The molecule has 2 nitrogen and oxygen atoms in total. The summed E-state index contributed by atoms with van der Waals surface area (Å²) in [5.74, 6) is 5.78. The highest BCUT2D eigenvalue weighted by molar-refractivity contribution is 7.11. The standard InChI is InChI=1S/C14H24N2S/c1-3-11-6-7-12(17-11)10-13(16-15)14(2)8-4-5-9-14/h6-7,13,16H,3-5,8-10,15H2,1-2H3. The van der Waals surface area contributed by atoms with Crippen LogP contribution in [0, 0.1) is 5.41 Å². The average Bonchev–Trinajstić information content (AvgIpc) is 2.95. The molecule has 0 spiro atoms. The van der Waals surface area contributed by atoms with Crippen molar-refractivity contribution in [2.24, 2.45) is 11.3 Å². The van der Waals surface area contributed by atoms with Crippen molar-refractivity contribution in [1.29, 1.82) is 0 Å². The van der Waals surface area contributed by atoms with E-state index >= 15 is 0 Å². The van der Waals surface area contributed by atoms with Gasteiger partial charge in [-0.25, -0.2) is 0 Å². The fourth-order valence-corrected chi connectivity index (χ4v) is 3.96. The van der Waals surface area contributed by atoms with Gasteiger partial charge in [-0.2, -0.15) is 0 Å². The summed E-state index contributed by atoms with van der Waals surface area (Å²) in [7, 11) is 0. The molecule has 1 aromatic heterocycles. The van der Waals surface area contributed by atoms with Crippen LogP contribution in [0.1, 0.15) is 49.3 Å². The van der Waals surface area contributed by atoms with E-state index < -0.39 is 0 Å². The van der Waals surface area contributed by atoms with E-state index in [0.717, 1.165) is 12.8 Å². The zero-order valence-corrected chi connectivity index (χ0v) is 11.8. The van der Waals surface area contributed by atoms with Gasteiger partial charge in [0.2, 0.25) is 0 Å². The fourth-order valence-electron chi connectivity index (χ4n) is 2.96. The van der Waals surface area contributed by atoms with E-state index in [2.05, 4.69) is 31.4 Å². The minimum atomic E-state index is 0.394. The van der Waals surface area contributed by atoms with Crippen LogP contribution in [0.5, 0.6) is 0 Å². The molecule has 0 saturated heterocycles. The van der Waals surface area contributed by atoms with Crippen LogP contribution < -0.4 is 11.3 Å². The van der Waals surface area contributed by atoms with Crippen LogP contribution in [0.3, 0.4) is 0 Å². The van der Waals surface area contributed by atoms with Gasteiger partial charge in [0.05, 0.1) is 0 Å². The summed E-state index contributed by atoms with van der Waals surface area (Å²) >= 11 is 1.94. The number of aryl methyl sites for hydroxylation is 1. The largest absolute Gasteiger partial charge is 0.271 e. The van der Waals surface area contributed by atoms with Crippen molar-refractivity contribution < 1.29 is 0 Å². The predicted molar refractivity (Wildman–Crippen MR) is 75.1 cm³/mol. The van der Waals surface area contributed by atoms with Gasteiger partial charge in [0.15, 0.2) is 0 Å². The first-order valence-corrected chi connectivity index (χ1v) is 7.53. The third-order valence-electron chi connectivity index (χ3n) is 4.26. The van der Waals surface area contributed by atoms with Gasteiger partial charge >= 0.3 is 0 Å². The number of rotatable bonds is 5. The van der Waals surface area contributed by atoms with Crippen molar-refractivity contribution in [3.8, 4) is 0 Å². The third kappa shape index (κ3) is 2.90. The van der Waals surface area contributed by atoms with Gasteiger partial charge < -0.3 is 0 Å². The van der Waals surface area contributed by atoms with E-state index in [0.29, 0.717) is 11.5 Å². The predicted octanol–water partition coefficient (Wildman–Crippen LogP) is 3.27. The summed E-state index contributed by atoms with van der Waals surface area (Å²) in [6.45, 7) is 4.60. The normalized spacial score (nSPS) is 20.6. The molecule has 1 unspecified atom stereocenters. The van der Waals surface area contributed by atoms with E-state index in [4.69, 9.17) is 5.84 Å². The van der Waals surface area contributed by atoms with Crippen LogP contribution in [-0.4, -0.2) is 6.04 Å². The lowest BCUT2D eigenvalue weighted by molar-refractivity contribution is 0.221. The molecule has 1 saturated carbocycles. The lowest BCUT2D eigenvalue weighted by atomic mass is 9.79. The first-order valence-electron chi connectivity index (χ1n) is 6.71. The number of hydrogen-bond acceptors (Lipinski definition) is 3. The molecule has 96 valence electrons. The topological polar surface area (TPSA) is 38.0 Å². The van der Waals surface area contributed by atoms with Crippen LogP contribution in [-0.2, 0) is 12.8 Å². The average molecular weight is 252 g/mol.